The third kappa shape index (κ3) is 7.56. The van der Waals surface area contributed by atoms with Crippen LogP contribution >= 0.6 is 0 Å². The van der Waals surface area contributed by atoms with Gasteiger partial charge in [0.2, 0.25) is 5.91 Å². The van der Waals surface area contributed by atoms with Crippen molar-refractivity contribution in [1.82, 2.24) is 10.3 Å². The molecule has 1 heterocycles. The number of ether oxygens (including phenoxy) is 2. The number of azo groups is 1. The van der Waals surface area contributed by atoms with Crippen LogP contribution in [0.15, 0.2) is 52.7 Å². The molecule has 1 saturated carbocycles. The molecule has 1 aromatic carbocycles. The molecule has 1 aliphatic carbocycles. The molecule has 0 spiro atoms. The van der Waals surface area contributed by atoms with E-state index in [-0.39, 0.29) is 36.1 Å². The minimum atomic E-state index is -0.702. The van der Waals surface area contributed by atoms with Crippen molar-refractivity contribution in [3.8, 4) is 5.75 Å². The summed E-state index contributed by atoms with van der Waals surface area (Å²) in [6.45, 7) is 4.87. The standard InChI is InChI=1S/C22H26N6O5/c1-22(2,3)33-21(31)24-12-18(29)25-17-10-9-15(19(23)26-17)27-28-16-11-14(16)20(30)32-13-7-5-4-6-8-13/h4-10,14,16H,11-12H2,1-3H3,(H,24,31)(H3,23,25,26,29). The highest BCUT2D eigenvalue weighted by atomic mass is 16.6. The van der Waals surface area contributed by atoms with E-state index in [0.29, 0.717) is 17.9 Å². The molecule has 2 amide bonds. The number of amides is 2. The minimum absolute atomic E-state index is 0.0562. The van der Waals surface area contributed by atoms with Gasteiger partial charge in [-0.15, -0.1) is 0 Å². The predicted octanol–water partition coefficient (Wildman–Crippen LogP) is 3.20. The molecule has 174 valence electrons. The smallest absolute Gasteiger partial charge is 0.408 e. The Bertz CT molecular complexity index is 1050. The summed E-state index contributed by atoms with van der Waals surface area (Å²) in [5.74, 6) is -0.468. The Morgan fingerprint density at radius 1 is 1.15 bits per heavy atom. The Balaban J connectivity index is 1.46. The van der Waals surface area contributed by atoms with Crippen LogP contribution in [0.1, 0.15) is 27.2 Å². The third-order valence-electron chi connectivity index (χ3n) is 4.30. The van der Waals surface area contributed by atoms with Crippen LogP contribution in [0.25, 0.3) is 0 Å². The highest BCUT2D eigenvalue weighted by Gasteiger charge is 2.45. The van der Waals surface area contributed by atoms with Gasteiger partial charge in [0.1, 0.15) is 29.4 Å². The second-order valence-corrected chi connectivity index (χ2v) is 8.36. The number of nitrogen functional groups attached to an aromatic ring is 1. The molecule has 1 fully saturated rings. The predicted molar refractivity (Wildman–Crippen MR) is 120 cm³/mol. The number of hydrogen-bond donors (Lipinski definition) is 3. The van der Waals surface area contributed by atoms with Crippen LogP contribution < -0.4 is 21.1 Å². The molecule has 4 N–H and O–H groups in total. The van der Waals surface area contributed by atoms with Gasteiger partial charge < -0.3 is 25.8 Å². The number of alkyl carbamates (subject to hydrolysis) is 1. The number of pyridine rings is 1. The van der Waals surface area contributed by atoms with Gasteiger partial charge in [0.05, 0.1) is 12.0 Å². The molecule has 11 nitrogen and oxygen atoms in total. The Labute approximate surface area is 190 Å². The van der Waals surface area contributed by atoms with Crippen LogP contribution in [-0.4, -0.2) is 41.1 Å². The van der Waals surface area contributed by atoms with Crippen molar-refractivity contribution in [3.05, 3.63) is 42.5 Å². The molecule has 2 atom stereocenters. The Morgan fingerprint density at radius 2 is 1.88 bits per heavy atom. The van der Waals surface area contributed by atoms with Gasteiger partial charge >= 0.3 is 12.1 Å². The largest absolute Gasteiger partial charge is 0.444 e. The Hall–Kier alpha value is -4.02. The lowest BCUT2D eigenvalue weighted by molar-refractivity contribution is -0.135. The first-order valence-corrected chi connectivity index (χ1v) is 10.3. The topological polar surface area (TPSA) is 157 Å². The van der Waals surface area contributed by atoms with E-state index < -0.39 is 17.6 Å². The van der Waals surface area contributed by atoms with E-state index in [9.17, 15) is 14.4 Å². The number of rotatable bonds is 7. The van der Waals surface area contributed by atoms with Crippen molar-refractivity contribution in [1.29, 1.82) is 0 Å². The first kappa shape index (κ1) is 23.6. The summed E-state index contributed by atoms with van der Waals surface area (Å²) in [5.41, 5.74) is 5.54. The highest BCUT2D eigenvalue weighted by Crippen LogP contribution is 2.37. The number of hydrogen-bond acceptors (Lipinski definition) is 9. The molecule has 0 bridgehead atoms. The number of nitrogens with one attached hydrogen (secondary N) is 2. The number of benzene rings is 1. The van der Waals surface area contributed by atoms with Crippen molar-refractivity contribution in [3.63, 3.8) is 0 Å². The summed E-state index contributed by atoms with van der Waals surface area (Å²) in [7, 11) is 0. The second kappa shape index (κ2) is 10.1. The number of nitrogens with two attached hydrogens (primary N) is 1. The minimum Gasteiger partial charge on any atom is -0.444 e. The number of anilines is 2. The van der Waals surface area contributed by atoms with Gasteiger partial charge in [0.15, 0.2) is 5.82 Å². The molecular weight excluding hydrogens is 428 g/mol. The number of carbonyl (C=O) groups excluding carboxylic acids is 3. The molecule has 1 aromatic heterocycles. The lowest BCUT2D eigenvalue weighted by atomic mass is 10.2. The van der Waals surface area contributed by atoms with Crippen LogP contribution in [0.4, 0.5) is 22.1 Å². The fraction of sp³-hybridized carbons (Fsp3) is 0.364. The van der Waals surface area contributed by atoms with Crippen molar-refractivity contribution < 1.29 is 23.9 Å². The first-order chi connectivity index (χ1) is 15.6. The summed E-state index contributed by atoms with van der Waals surface area (Å²) < 4.78 is 10.4. The monoisotopic (exact) mass is 454 g/mol. The van der Waals surface area contributed by atoms with Gasteiger partial charge in [0.25, 0.3) is 0 Å². The average Bonchev–Trinajstić information content (AvgIpc) is 3.51. The van der Waals surface area contributed by atoms with Crippen LogP contribution in [0.2, 0.25) is 0 Å². The normalized spacial score (nSPS) is 17.3. The SMILES string of the molecule is CC(C)(C)OC(=O)NCC(=O)Nc1ccc(N=NC2CC2C(=O)Oc2ccccc2)c(N)n1. The number of para-hydroxylation sites is 1. The zero-order valence-corrected chi connectivity index (χ0v) is 18.6. The summed E-state index contributed by atoms with van der Waals surface area (Å²) in [6, 6.07) is 11.6. The molecule has 1 aliphatic rings. The fourth-order valence-electron chi connectivity index (χ4n) is 2.65. The van der Waals surface area contributed by atoms with Crippen LogP contribution in [0.5, 0.6) is 5.75 Å². The van der Waals surface area contributed by atoms with E-state index in [4.69, 9.17) is 15.2 Å². The van der Waals surface area contributed by atoms with E-state index in [0.717, 1.165) is 0 Å². The lowest BCUT2D eigenvalue weighted by Gasteiger charge is -2.19. The fourth-order valence-corrected chi connectivity index (χ4v) is 2.65. The summed E-state index contributed by atoms with van der Waals surface area (Å²) in [4.78, 5) is 39.8. The van der Waals surface area contributed by atoms with E-state index in [1.54, 1.807) is 51.1 Å². The Kier molecular flexibility index (Phi) is 7.21. The van der Waals surface area contributed by atoms with Crippen molar-refractivity contribution in [2.24, 2.45) is 16.1 Å². The molecular formula is C22H26N6O5. The molecule has 0 radical (unpaired) electrons. The van der Waals surface area contributed by atoms with Crippen molar-refractivity contribution in [2.75, 3.05) is 17.6 Å². The maximum Gasteiger partial charge on any atom is 0.408 e. The van der Waals surface area contributed by atoms with E-state index >= 15 is 0 Å². The molecule has 0 saturated heterocycles. The lowest BCUT2D eigenvalue weighted by Crippen LogP contribution is -2.37. The van der Waals surface area contributed by atoms with Gasteiger partial charge in [-0.2, -0.15) is 10.2 Å². The number of esters is 1. The van der Waals surface area contributed by atoms with Crippen molar-refractivity contribution >= 4 is 35.3 Å². The van der Waals surface area contributed by atoms with E-state index in [1.807, 2.05) is 6.07 Å². The number of carbonyl (C=O) groups is 3. The van der Waals surface area contributed by atoms with Gasteiger partial charge in [0, 0.05) is 0 Å². The maximum absolute atomic E-state index is 12.1. The van der Waals surface area contributed by atoms with Crippen LogP contribution in [0.3, 0.4) is 0 Å². The highest BCUT2D eigenvalue weighted by molar-refractivity contribution is 5.93. The molecule has 3 rings (SSSR count). The quantitative estimate of drug-likeness (QED) is 0.329. The molecule has 0 aliphatic heterocycles. The number of nitrogens with zero attached hydrogens (tertiary/aromatic N) is 3. The van der Waals surface area contributed by atoms with E-state index in [2.05, 4.69) is 25.8 Å². The van der Waals surface area contributed by atoms with Crippen LogP contribution in [-0.2, 0) is 14.3 Å². The molecule has 2 aromatic rings. The molecule has 2 unspecified atom stereocenters. The Morgan fingerprint density at radius 3 is 2.55 bits per heavy atom. The van der Waals surface area contributed by atoms with Gasteiger partial charge in [-0.25, -0.2) is 9.78 Å². The summed E-state index contributed by atoms with van der Waals surface area (Å²) >= 11 is 0. The van der Waals surface area contributed by atoms with Crippen LogP contribution in [0, 0.1) is 5.92 Å². The zero-order valence-electron chi connectivity index (χ0n) is 18.6. The molecule has 33 heavy (non-hydrogen) atoms. The zero-order chi connectivity index (χ0) is 24.0. The van der Waals surface area contributed by atoms with Gasteiger partial charge in [-0.1, -0.05) is 18.2 Å². The third-order valence-corrected chi connectivity index (χ3v) is 4.30. The number of aromatic nitrogens is 1. The summed E-state index contributed by atoms with van der Waals surface area (Å²) in [5, 5.41) is 13.1. The molecule has 11 heteroatoms. The summed E-state index contributed by atoms with van der Waals surface area (Å²) in [6.07, 6.45) is -0.159. The first-order valence-electron chi connectivity index (χ1n) is 10.3. The average molecular weight is 454 g/mol. The van der Waals surface area contributed by atoms with Gasteiger partial charge in [-0.3, -0.25) is 9.59 Å². The second-order valence-electron chi connectivity index (χ2n) is 8.36. The van der Waals surface area contributed by atoms with E-state index in [1.165, 1.54) is 6.07 Å². The van der Waals surface area contributed by atoms with Gasteiger partial charge in [-0.05, 0) is 51.5 Å². The van der Waals surface area contributed by atoms with Crippen molar-refractivity contribution in [2.45, 2.75) is 38.8 Å². The maximum atomic E-state index is 12.1.